The van der Waals surface area contributed by atoms with Crippen LogP contribution in [0.25, 0.3) is 0 Å². The maximum absolute atomic E-state index is 11.8. The SMILES string of the molecule is CNC(=O)C(NC)c1cc(OC)c(C)cc1OC. The molecule has 1 atom stereocenters. The van der Waals surface area contributed by atoms with Gasteiger partial charge >= 0.3 is 0 Å². The Balaban J connectivity index is 3.31. The monoisotopic (exact) mass is 252 g/mol. The van der Waals surface area contributed by atoms with Gasteiger partial charge in [0.05, 0.1) is 14.2 Å². The Labute approximate surface area is 107 Å². The van der Waals surface area contributed by atoms with E-state index in [0.717, 1.165) is 16.9 Å². The Morgan fingerprint density at radius 3 is 2.22 bits per heavy atom. The molecule has 18 heavy (non-hydrogen) atoms. The van der Waals surface area contributed by atoms with E-state index in [9.17, 15) is 4.79 Å². The molecule has 1 aromatic rings. The summed E-state index contributed by atoms with van der Waals surface area (Å²) in [5.41, 5.74) is 1.71. The molecule has 0 aliphatic rings. The van der Waals surface area contributed by atoms with Gasteiger partial charge in [0.25, 0.3) is 0 Å². The number of amides is 1. The highest BCUT2D eigenvalue weighted by Gasteiger charge is 2.22. The third-order valence-electron chi connectivity index (χ3n) is 2.86. The highest BCUT2D eigenvalue weighted by Crippen LogP contribution is 2.32. The molecule has 0 heterocycles. The van der Waals surface area contributed by atoms with E-state index in [1.54, 1.807) is 28.3 Å². The molecule has 1 rings (SSSR count). The Bertz CT molecular complexity index is 432. The van der Waals surface area contributed by atoms with Crippen molar-refractivity contribution in [2.75, 3.05) is 28.3 Å². The van der Waals surface area contributed by atoms with Crippen LogP contribution < -0.4 is 20.1 Å². The lowest BCUT2D eigenvalue weighted by Gasteiger charge is -2.19. The normalized spacial score (nSPS) is 11.8. The fourth-order valence-corrected chi connectivity index (χ4v) is 1.87. The maximum Gasteiger partial charge on any atom is 0.241 e. The van der Waals surface area contributed by atoms with Crippen molar-refractivity contribution in [3.8, 4) is 11.5 Å². The van der Waals surface area contributed by atoms with E-state index in [1.165, 1.54) is 0 Å². The molecule has 5 heteroatoms. The standard InChI is InChI=1S/C13H20N2O3/c1-8-6-11(18-5)9(7-10(8)17-4)12(14-2)13(16)15-3/h6-7,12,14H,1-5H3,(H,15,16). The summed E-state index contributed by atoms with van der Waals surface area (Å²) in [5.74, 6) is 1.27. The van der Waals surface area contributed by atoms with E-state index in [1.807, 2.05) is 19.1 Å². The lowest BCUT2D eigenvalue weighted by Crippen LogP contribution is -2.34. The first-order valence-electron chi connectivity index (χ1n) is 5.70. The summed E-state index contributed by atoms with van der Waals surface area (Å²) in [5, 5.41) is 5.59. The molecule has 0 saturated heterocycles. The molecule has 0 fully saturated rings. The van der Waals surface area contributed by atoms with Gasteiger partial charge in [-0.2, -0.15) is 0 Å². The number of hydrogen-bond donors (Lipinski definition) is 2. The van der Waals surface area contributed by atoms with Gasteiger partial charge in [-0.25, -0.2) is 0 Å². The van der Waals surface area contributed by atoms with Crippen LogP contribution in [-0.2, 0) is 4.79 Å². The topological polar surface area (TPSA) is 59.6 Å². The molecule has 1 unspecified atom stereocenters. The number of carbonyl (C=O) groups is 1. The summed E-state index contributed by atoms with van der Waals surface area (Å²) in [6.07, 6.45) is 0. The summed E-state index contributed by atoms with van der Waals surface area (Å²) in [4.78, 5) is 11.8. The Kier molecular flexibility index (Phi) is 4.97. The number of ether oxygens (including phenoxy) is 2. The molecule has 100 valence electrons. The van der Waals surface area contributed by atoms with Crippen molar-refractivity contribution in [1.82, 2.24) is 10.6 Å². The molecule has 0 aliphatic heterocycles. The Hall–Kier alpha value is -1.75. The second-order valence-corrected chi connectivity index (χ2v) is 3.90. The zero-order valence-corrected chi connectivity index (χ0v) is 11.5. The van der Waals surface area contributed by atoms with Gasteiger partial charge in [0.15, 0.2) is 0 Å². The van der Waals surface area contributed by atoms with Crippen LogP contribution in [0.5, 0.6) is 11.5 Å². The van der Waals surface area contributed by atoms with Crippen molar-refractivity contribution in [2.45, 2.75) is 13.0 Å². The average molecular weight is 252 g/mol. The lowest BCUT2D eigenvalue weighted by atomic mass is 10.0. The zero-order valence-electron chi connectivity index (χ0n) is 11.5. The van der Waals surface area contributed by atoms with Crippen LogP contribution in [0.3, 0.4) is 0 Å². The van der Waals surface area contributed by atoms with Crippen LogP contribution >= 0.6 is 0 Å². The van der Waals surface area contributed by atoms with Crippen molar-refractivity contribution < 1.29 is 14.3 Å². The fraction of sp³-hybridized carbons (Fsp3) is 0.462. The first-order valence-corrected chi connectivity index (χ1v) is 5.70. The lowest BCUT2D eigenvalue weighted by molar-refractivity contribution is -0.122. The number of aryl methyl sites for hydroxylation is 1. The zero-order chi connectivity index (χ0) is 13.7. The van der Waals surface area contributed by atoms with Crippen LogP contribution in [0, 0.1) is 6.92 Å². The molecule has 0 aromatic heterocycles. The van der Waals surface area contributed by atoms with E-state index < -0.39 is 6.04 Å². The highest BCUT2D eigenvalue weighted by molar-refractivity contribution is 5.84. The van der Waals surface area contributed by atoms with E-state index >= 15 is 0 Å². The van der Waals surface area contributed by atoms with Crippen LogP contribution in [0.2, 0.25) is 0 Å². The minimum atomic E-state index is -0.473. The van der Waals surface area contributed by atoms with Crippen molar-refractivity contribution in [3.63, 3.8) is 0 Å². The number of rotatable bonds is 5. The second-order valence-electron chi connectivity index (χ2n) is 3.90. The van der Waals surface area contributed by atoms with Gasteiger partial charge in [-0.15, -0.1) is 0 Å². The molecule has 0 saturated carbocycles. The highest BCUT2D eigenvalue weighted by atomic mass is 16.5. The largest absolute Gasteiger partial charge is 0.496 e. The minimum absolute atomic E-state index is 0.123. The van der Waals surface area contributed by atoms with E-state index in [2.05, 4.69) is 10.6 Å². The summed E-state index contributed by atoms with van der Waals surface area (Å²) in [6.45, 7) is 1.93. The third-order valence-corrected chi connectivity index (χ3v) is 2.86. The quantitative estimate of drug-likeness (QED) is 0.821. The summed E-state index contributed by atoms with van der Waals surface area (Å²) in [7, 11) is 6.52. The van der Waals surface area contributed by atoms with E-state index in [0.29, 0.717) is 5.75 Å². The smallest absolute Gasteiger partial charge is 0.241 e. The fourth-order valence-electron chi connectivity index (χ4n) is 1.87. The van der Waals surface area contributed by atoms with Crippen LogP contribution in [0.4, 0.5) is 0 Å². The number of methoxy groups -OCH3 is 2. The number of benzene rings is 1. The summed E-state index contributed by atoms with van der Waals surface area (Å²) in [6, 6.07) is 3.21. The first kappa shape index (κ1) is 14.3. The number of nitrogens with one attached hydrogen (secondary N) is 2. The Morgan fingerprint density at radius 1 is 1.17 bits per heavy atom. The predicted octanol–water partition coefficient (Wildman–Crippen LogP) is 1.02. The molecule has 1 amide bonds. The van der Waals surface area contributed by atoms with Crippen LogP contribution in [0.1, 0.15) is 17.2 Å². The molecule has 2 N–H and O–H groups in total. The molecule has 0 radical (unpaired) electrons. The van der Waals surface area contributed by atoms with Crippen molar-refractivity contribution in [3.05, 3.63) is 23.3 Å². The molecule has 0 aliphatic carbocycles. The van der Waals surface area contributed by atoms with Gasteiger partial charge in [-0.1, -0.05) is 0 Å². The molecular formula is C13H20N2O3. The van der Waals surface area contributed by atoms with E-state index in [-0.39, 0.29) is 5.91 Å². The predicted molar refractivity (Wildman–Crippen MR) is 70.2 cm³/mol. The van der Waals surface area contributed by atoms with Crippen LogP contribution in [0.15, 0.2) is 12.1 Å². The molecule has 0 bridgehead atoms. The molecule has 1 aromatic carbocycles. The number of likely N-dealkylation sites (N-methyl/N-ethyl adjacent to an activating group) is 2. The summed E-state index contributed by atoms with van der Waals surface area (Å²) >= 11 is 0. The second kappa shape index (κ2) is 6.26. The van der Waals surface area contributed by atoms with Gasteiger partial charge in [-0.05, 0) is 31.7 Å². The van der Waals surface area contributed by atoms with Gasteiger partial charge < -0.3 is 20.1 Å². The maximum atomic E-state index is 11.8. The van der Waals surface area contributed by atoms with Gasteiger partial charge in [0.2, 0.25) is 5.91 Å². The molecule has 0 spiro atoms. The summed E-state index contributed by atoms with van der Waals surface area (Å²) < 4.78 is 10.6. The van der Waals surface area contributed by atoms with E-state index in [4.69, 9.17) is 9.47 Å². The van der Waals surface area contributed by atoms with Gasteiger partial charge in [0, 0.05) is 12.6 Å². The van der Waals surface area contributed by atoms with Crippen molar-refractivity contribution in [2.24, 2.45) is 0 Å². The average Bonchev–Trinajstić information content (AvgIpc) is 2.40. The number of hydrogen-bond acceptors (Lipinski definition) is 4. The minimum Gasteiger partial charge on any atom is -0.496 e. The van der Waals surface area contributed by atoms with Crippen LogP contribution in [-0.4, -0.2) is 34.2 Å². The van der Waals surface area contributed by atoms with Gasteiger partial charge in [0.1, 0.15) is 17.5 Å². The molecular weight excluding hydrogens is 232 g/mol. The third kappa shape index (κ3) is 2.73. The molecule has 5 nitrogen and oxygen atoms in total. The van der Waals surface area contributed by atoms with Crippen molar-refractivity contribution >= 4 is 5.91 Å². The first-order chi connectivity index (χ1) is 8.58. The Morgan fingerprint density at radius 2 is 1.78 bits per heavy atom. The van der Waals surface area contributed by atoms with Gasteiger partial charge in [-0.3, -0.25) is 4.79 Å². The number of carbonyl (C=O) groups excluding carboxylic acids is 1. The van der Waals surface area contributed by atoms with Crippen molar-refractivity contribution in [1.29, 1.82) is 0 Å².